The van der Waals surface area contributed by atoms with Crippen molar-refractivity contribution < 1.29 is 14.7 Å². The zero-order chi connectivity index (χ0) is 22.0. The number of thioether (sulfide) groups is 1. The maximum Gasteiger partial charge on any atom is 0.293 e. The number of hydrogen-bond donors (Lipinski definition) is 1. The van der Waals surface area contributed by atoms with Crippen molar-refractivity contribution in [3.8, 4) is 5.75 Å². The minimum absolute atomic E-state index is 0.0492. The van der Waals surface area contributed by atoms with Gasteiger partial charge in [0.05, 0.1) is 21.5 Å². The van der Waals surface area contributed by atoms with E-state index in [9.17, 15) is 14.7 Å². The zero-order valence-electron chi connectivity index (χ0n) is 16.2. The fraction of sp³-hybridized carbons (Fsp3) is 0.0833. The van der Waals surface area contributed by atoms with Crippen LogP contribution in [-0.4, -0.2) is 21.2 Å². The summed E-state index contributed by atoms with van der Waals surface area (Å²) in [6.07, 6.45) is 2.25. The lowest BCUT2D eigenvalue weighted by Crippen LogP contribution is -2.27. The molecule has 0 unspecified atom stereocenters. The number of aromatic hydroxyl groups is 1. The first kappa shape index (κ1) is 21.5. The molecule has 156 valence electrons. The Kier molecular flexibility index (Phi) is 6.37. The lowest BCUT2D eigenvalue weighted by Gasteiger charge is -2.13. The van der Waals surface area contributed by atoms with E-state index in [-0.39, 0.29) is 22.4 Å². The predicted octanol–water partition coefficient (Wildman–Crippen LogP) is 6.53. The molecule has 7 heteroatoms. The third-order valence-corrected chi connectivity index (χ3v) is 6.47. The standard InChI is InChI=1S/C24H17Cl2NO3S/c25-19-8-6-17(12-20(19)26)14-27-23(29)22(31-24(27)30)13-18-11-16(7-9-21(18)28)10-15-4-2-1-3-5-15/h1-9,11-13,28H,10,14H2/b22-13-. The molecule has 1 heterocycles. The highest BCUT2D eigenvalue weighted by Gasteiger charge is 2.35. The van der Waals surface area contributed by atoms with Crippen LogP contribution in [0.15, 0.2) is 71.6 Å². The summed E-state index contributed by atoms with van der Waals surface area (Å²) in [4.78, 5) is 26.7. The quantitative estimate of drug-likeness (QED) is 0.431. The number of carbonyl (C=O) groups is 2. The fourth-order valence-electron chi connectivity index (χ4n) is 3.26. The van der Waals surface area contributed by atoms with E-state index in [0.29, 0.717) is 27.6 Å². The van der Waals surface area contributed by atoms with Gasteiger partial charge in [-0.05, 0) is 65.2 Å². The van der Waals surface area contributed by atoms with E-state index in [4.69, 9.17) is 23.2 Å². The Labute approximate surface area is 194 Å². The number of nitrogens with zero attached hydrogens (tertiary/aromatic N) is 1. The van der Waals surface area contributed by atoms with Gasteiger partial charge in [-0.2, -0.15) is 0 Å². The van der Waals surface area contributed by atoms with E-state index in [1.54, 1.807) is 30.3 Å². The highest BCUT2D eigenvalue weighted by molar-refractivity contribution is 8.18. The highest BCUT2D eigenvalue weighted by atomic mass is 35.5. The normalized spacial score (nSPS) is 15.2. The van der Waals surface area contributed by atoms with Crippen LogP contribution in [0.25, 0.3) is 6.08 Å². The molecular formula is C24H17Cl2NO3S. The van der Waals surface area contributed by atoms with Crippen molar-refractivity contribution in [2.24, 2.45) is 0 Å². The van der Waals surface area contributed by atoms with E-state index < -0.39 is 5.91 Å². The van der Waals surface area contributed by atoms with Crippen molar-refractivity contribution >= 4 is 52.2 Å². The van der Waals surface area contributed by atoms with Gasteiger partial charge in [0.15, 0.2) is 0 Å². The van der Waals surface area contributed by atoms with Crippen LogP contribution in [0.4, 0.5) is 4.79 Å². The molecule has 3 aromatic carbocycles. The lowest BCUT2D eigenvalue weighted by molar-refractivity contribution is -0.123. The first-order valence-corrected chi connectivity index (χ1v) is 11.0. The molecule has 2 amide bonds. The molecule has 31 heavy (non-hydrogen) atoms. The molecule has 1 aliphatic heterocycles. The molecule has 0 saturated carbocycles. The molecular weight excluding hydrogens is 453 g/mol. The predicted molar refractivity (Wildman–Crippen MR) is 125 cm³/mol. The highest BCUT2D eigenvalue weighted by Crippen LogP contribution is 2.35. The van der Waals surface area contributed by atoms with Gasteiger partial charge in [-0.25, -0.2) is 0 Å². The maximum atomic E-state index is 12.8. The van der Waals surface area contributed by atoms with Gasteiger partial charge in [-0.1, -0.05) is 65.7 Å². The minimum Gasteiger partial charge on any atom is -0.507 e. The van der Waals surface area contributed by atoms with Crippen molar-refractivity contribution in [2.75, 3.05) is 0 Å². The van der Waals surface area contributed by atoms with Gasteiger partial charge < -0.3 is 5.11 Å². The summed E-state index contributed by atoms with van der Waals surface area (Å²) in [5.74, 6) is -0.359. The Hall–Kier alpha value is -2.73. The third kappa shape index (κ3) is 4.96. The zero-order valence-corrected chi connectivity index (χ0v) is 18.5. The van der Waals surface area contributed by atoms with E-state index in [0.717, 1.165) is 27.8 Å². The topological polar surface area (TPSA) is 57.6 Å². The van der Waals surface area contributed by atoms with Crippen molar-refractivity contribution in [2.45, 2.75) is 13.0 Å². The number of carbonyl (C=O) groups excluding carboxylic acids is 2. The summed E-state index contributed by atoms with van der Waals surface area (Å²) in [6, 6.07) is 20.2. The summed E-state index contributed by atoms with van der Waals surface area (Å²) in [5.41, 5.74) is 3.32. The number of halogens is 2. The number of imide groups is 1. The van der Waals surface area contributed by atoms with Crippen LogP contribution in [0.1, 0.15) is 22.3 Å². The molecule has 1 fully saturated rings. The van der Waals surface area contributed by atoms with E-state index in [2.05, 4.69) is 0 Å². The summed E-state index contributed by atoms with van der Waals surface area (Å²) < 4.78 is 0. The van der Waals surface area contributed by atoms with Gasteiger partial charge >= 0.3 is 0 Å². The molecule has 1 aliphatic rings. The van der Waals surface area contributed by atoms with Crippen LogP contribution in [0.5, 0.6) is 5.75 Å². The lowest BCUT2D eigenvalue weighted by atomic mass is 10.0. The Morgan fingerprint density at radius 2 is 1.61 bits per heavy atom. The number of phenolic OH excluding ortho intramolecular Hbond substituents is 1. The fourth-order valence-corrected chi connectivity index (χ4v) is 4.41. The molecule has 0 atom stereocenters. The van der Waals surface area contributed by atoms with Crippen molar-refractivity contribution in [1.29, 1.82) is 0 Å². The van der Waals surface area contributed by atoms with E-state index >= 15 is 0 Å². The molecule has 0 aromatic heterocycles. The van der Waals surface area contributed by atoms with Gasteiger partial charge in [0.1, 0.15) is 5.75 Å². The van der Waals surface area contributed by atoms with E-state index in [1.165, 1.54) is 0 Å². The number of rotatable bonds is 5. The molecule has 1 saturated heterocycles. The van der Waals surface area contributed by atoms with Crippen LogP contribution in [0.2, 0.25) is 10.0 Å². The van der Waals surface area contributed by atoms with Crippen molar-refractivity contribution in [1.82, 2.24) is 4.90 Å². The van der Waals surface area contributed by atoms with Crippen LogP contribution >= 0.6 is 35.0 Å². The van der Waals surface area contributed by atoms with Gasteiger partial charge in [0.25, 0.3) is 11.1 Å². The van der Waals surface area contributed by atoms with Crippen LogP contribution in [-0.2, 0) is 17.8 Å². The first-order chi connectivity index (χ1) is 14.9. The second-order valence-corrected chi connectivity index (χ2v) is 8.88. The van der Waals surface area contributed by atoms with Crippen LogP contribution < -0.4 is 0 Å². The smallest absolute Gasteiger partial charge is 0.293 e. The average molecular weight is 470 g/mol. The van der Waals surface area contributed by atoms with Gasteiger partial charge in [-0.3, -0.25) is 14.5 Å². The van der Waals surface area contributed by atoms with Gasteiger partial charge in [0.2, 0.25) is 0 Å². The summed E-state index contributed by atoms with van der Waals surface area (Å²) in [7, 11) is 0. The second-order valence-electron chi connectivity index (χ2n) is 7.07. The summed E-state index contributed by atoms with van der Waals surface area (Å²) in [5, 5.41) is 10.7. The molecule has 4 nitrogen and oxygen atoms in total. The maximum absolute atomic E-state index is 12.8. The molecule has 3 aromatic rings. The summed E-state index contributed by atoms with van der Waals surface area (Å²) in [6.45, 7) is 0.0962. The average Bonchev–Trinajstić information content (AvgIpc) is 3.01. The SMILES string of the molecule is O=C1S/C(=C\c2cc(Cc3ccccc3)ccc2O)C(=O)N1Cc1ccc(Cl)c(Cl)c1. The Morgan fingerprint density at radius 3 is 2.35 bits per heavy atom. The molecule has 0 spiro atoms. The Bertz CT molecular complexity index is 1190. The number of benzene rings is 3. The third-order valence-electron chi connectivity index (χ3n) is 4.83. The van der Waals surface area contributed by atoms with Gasteiger partial charge in [-0.15, -0.1) is 0 Å². The Balaban J connectivity index is 1.56. The Morgan fingerprint density at radius 1 is 0.871 bits per heavy atom. The number of phenols is 1. The second kappa shape index (κ2) is 9.18. The minimum atomic E-state index is -0.408. The van der Waals surface area contributed by atoms with Crippen molar-refractivity contribution in [3.63, 3.8) is 0 Å². The number of hydrogen-bond acceptors (Lipinski definition) is 4. The van der Waals surface area contributed by atoms with Crippen LogP contribution in [0, 0.1) is 0 Å². The number of amides is 2. The molecule has 0 aliphatic carbocycles. The van der Waals surface area contributed by atoms with Gasteiger partial charge in [0, 0.05) is 5.56 Å². The van der Waals surface area contributed by atoms with E-state index in [1.807, 2.05) is 42.5 Å². The summed E-state index contributed by atoms with van der Waals surface area (Å²) >= 11 is 12.8. The molecule has 0 radical (unpaired) electrons. The largest absolute Gasteiger partial charge is 0.507 e. The molecule has 4 rings (SSSR count). The molecule has 1 N–H and O–H groups in total. The van der Waals surface area contributed by atoms with Crippen LogP contribution in [0.3, 0.4) is 0 Å². The first-order valence-electron chi connectivity index (χ1n) is 9.46. The monoisotopic (exact) mass is 469 g/mol. The van der Waals surface area contributed by atoms with Crippen molar-refractivity contribution in [3.05, 3.63) is 104 Å². The molecule has 0 bridgehead atoms.